The minimum Gasteiger partial charge on any atom is -0.505 e. The molecule has 5 aromatic rings. The van der Waals surface area contributed by atoms with E-state index in [9.17, 15) is 22.7 Å². The van der Waals surface area contributed by atoms with Crippen molar-refractivity contribution in [2.45, 2.75) is 18.0 Å². The molecule has 0 fully saturated rings. The molecule has 2 N–H and O–H groups in total. The SMILES string of the molecule is O=C(Nc1ccc2ncsc2c1)c1ccc(CN(Cc2ccc(F)cc2)S(=O)(=O)c2cc(Cl)cc(Cl)c2O)cc1. The van der Waals surface area contributed by atoms with Crippen molar-refractivity contribution in [1.82, 2.24) is 9.29 Å². The van der Waals surface area contributed by atoms with Gasteiger partial charge in [0.1, 0.15) is 10.7 Å². The Labute approximate surface area is 243 Å². The monoisotopic (exact) mass is 615 g/mol. The van der Waals surface area contributed by atoms with Crippen LogP contribution in [0.2, 0.25) is 10.0 Å². The van der Waals surface area contributed by atoms with Crippen LogP contribution in [-0.4, -0.2) is 28.7 Å². The van der Waals surface area contributed by atoms with Crippen LogP contribution in [0.5, 0.6) is 5.75 Å². The molecular weight excluding hydrogens is 596 g/mol. The van der Waals surface area contributed by atoms with Crippen LogP contribution in [0.4, 0.5) is 10.1 Å². The van der Waals surface area contributed by atoms with Crippen LogP contribution in [0, 0.1) is 5.82 Å². The molecule has 1 heterocycles. The molecule has 0 atom stereocenters. The number of aromatic nitrogens is 1. The van der Waals surface area contributed by atoms with Crippen molar-refractivity contribution in [2.75, 3.05) is 5.32 Å². The summed E-state index contributed by atoms with van der Waals surface area (Å²) < 4.78 is 42.9. The van der Waals surface area contributed by atoms with Crippen LogP contribution in [0.1, 0.15) is 21.5 Å². The maximum Gasteiger partial charge on any atom is 0.255 e. The first-order chi connectivity index (χ1) is 19.1. The van der Waals surface area contributed by atoms with Crippen molar-refractivity contribution in [3.05, 3.63) is 117 Å². The minimum atomic E-state index is -4.33. The van der Waals surface area contributed by atoms with Gasteiger partial charge in [-0.3, -0.25) is 4.79 Å². The van der Waals surface area contributed by atoms with Crippen LogP contribution < -0.4 is 5.32 Å². The number of carbonyl (C=O) groups is 1. The summed E-state index contributed by atoms with van der Waals surface area (Å²) in [7, 11) is -4.33. The number of aromatic hydroxyl groups is 1. The summed E-state index contributed by atoms with van der Waals surface area (Å²) in [5.41, 5.74) is 4.67. The molecule has 0 saturated heterocycles. The second-order valence-electron chi connectivity index (χ2n) is 8.82. The Morgan fingerprint density at radius 2 is 1.60 bits per heavy atom. The number of sulfonamides is 1. The second kappa shape index (κ2) is 11.5. The lowest BCUT2D eigenvalue weighted by Crippen LogP contribution is -2.30. The zero-order chi connectivity index (χ0) is 28.4. The largest absolute Gasteiger partial charge is 0.505 e. The molecule has 4 aromatic carbocycles. The van der Waals surface area contributed by atoms with E-state index in [1.807, 2.05) is 12.1 Å². The number of anilines is 1. The van der Waals surface area contributed by atoms with Gasteiger partial charge in [0, 0.05) is 29.4 Å². The summed E-state index contributed by atoms with van der Waals surface area (Å²) >= 11 is 13.5. The van der Waals surface area contributed by atoms with E-state index in [2.05, 4.69) is 10.3 Å². The van der Waals surface area contributed by atoms with Gasteiger partial charge < -0.3 is 10.4 Å². The minimum absolute atomic E-state index is 0.0352. The van der Waals surface area contributed by atoms with Gasteiger partial charge in [-0.15, -0.1) is 11.3 Å². The quantitative estimate of drug-likeness (QED) is 0.194. The third-order valence-corrected chi connectivity index (χ3v) is 9.15. The van der Waals surface area contributed by atoms with Gasteiger partial charge in [0.25, 0.3) is 5.91 Å². The number of halogens is 3. The maximum absolute atomic E-state index is 13.7. The predicted octanol–water partition coefficient (Wildman–Crippen LogP) is 7.09. The lowest BCUT2D eigenvalue weighted by atomic mass is 10.1. The standard InChI is InChI=1S/C28H20Cl2FN3O4S2/c29-20-11-23(30)27(35)26(12-20)40(37,38)34(15-18-3-7-21(31)8-4-18)14-17-1-5-19(6-2-17)28(36)33-22-9-10-24-25(13-22)39-16-32-24/h1-13,16,35H,14-15H2,(H,33,36). The van der Waals surface area contributed by atoms with Crippen LogP contribution in [-0.2, 0) is 23.1 Å². The normalized spacial score (nSPS) is 11.7. The van der Waals surface area contributed by atoms with E-state index < -0.39 is 26.5 Å². The number of rotatable bonds is 8. The molecule has 0 aliphatic heterocycles. The number of thiazole rings is 1. The summed E-state index contributed by atoms with van der Waals surface area (Å²) in [6.07, 6.45) is 0. The first kappa shape index (κ1) is 28.0. The van der Waals surface area contributed by atoms with Gasteiger partial charge in [-0.25, -0.2) is 17.8 Å². The van der Waals surface area contributed by atoms with Gasteiger partial charge in [-0.1, -0.05) is 47.5 Å². The molecule has 0 radical (unpaired) electrons. The van der Waals surface area contributed by atoms with Crippen molar-refractivity contribution < 1.29 is 22.7 Å². The second-order valence-corrected chi connectivity index (χ2v) is 12.5. The van der Waals surface area contributed by atoms with Gasteiger partial charge in [0.05, 0.1) is 20.7 Å². The zero-order valence-electron chi connectivity index (χ0n) is 20.5. The number of nitrogens with zero attached hydrogens (tertiary/aromatic N) is 2. The molecular formula is C28H20Cl2FN3O4S2. The lowest BCUT2D eigenvalue weighted by Gasteiger charge is -2.23. The Hall–Kier alpha value is -3.54. The molecule has 1 amide bonds. The number of benzene rings is 4. The molecule has 0 spiro atoms. The first-order valence-corrected chi connectivity index (χ1v) is 14.8. The molecule has 0 saturated carbocycles. The van der Waals surface area contributed by atoms with Crippen molar-refractivity contribution in [3.8, 4) is 5.75 Å². The molecule has 204 valence electrons. The molecule has 40 heavy (non-hydrogen) atoms. The fourth-order valence-electron chi connectivity index (χ4n) is 4.00. The van der Waals surface area contributed by atoms with E-state index in [1.165, 1.54) is 41.7 Å². The van der Waals surface area contributed by atoms with Gasteiger partial charge in [-0.2, -0.15) is 4.31 Å². The number of nitrogens with one attached hydrogen (secondary N) is 1. The number of hydrogen-bond donors (Lipinski definition) is 2. The zero-order valence-corrected chi connectivity index (χ0v) is 23.7. The van der Waals surface area contributed by atoms with E-state index >= 15 is 0 Å². The number of fused-ring (bicyclic) bond motifs is 1. The number of carbonyl (C=O) groups excluding carboxylic acids is 1. The fourth-order valence-corrected chi connectivity index (χ4v) is 6.88. The van der Waals surface area contributed by atoms with E-state index in [0.717, 1.165) is 20.6 Å². The summed E-state index contributed by atoms with van der Waals surface area (Å²) in [5, 5.41) is 13.1. The van der Waals surface area contributed by atoms with E-state index in [-0.39, 0.29) is 29.0 Å². The van der Waals surface area contributed by atoms with Crippen molar-refractivity contribution in [2.24, 2.45) is 0 Å². The average Bonchev–Trinajstić information content (AvgIpc) is 3.40. The van der Waals surface area contributed by atoms with Gasteiger partial charge in [0.15, 0.2) is 5.75 Å². The third kappa shape index (κ3) is 6.11. The van der Waals surface area contributed by atoms with Crippen molar-refractivity contribution in [1.29, 1.82) is 0 Å². The molecule has 0 unspecified atom stereocenters. The number of amides is 1. The smallest absolute Gasteiger partial charge is 0.255 e. The Balaban J connectivity index is 1.40. The number of phenolic OH excluding ortho intramolecular Hbond substituents is 1. The Morgan fingerprint density at radius 1 is 0.950 bits per heavy atom. The number of phenols is 1. The first-order valence-electron chi connectivity index (χ1n) is 11.8. The van der Waals surface area contributed by atoms with E-state index in [0.29, 0.717) is 22.4 Å². The van der Waals surface area contributed by atoms with Crippen LogP contribution >= 0.6 is 34.5 Å². The summed E-state index contributed by atoms with van der Waals surface area (Å²) in [4.78, 5) is 16.6. The molecule has 0 aliphatic carbocycles. The van der Waals surface area contributed by atoms with E-state index in [4.69, 9.17) is 23.2 Å². The topological polar surface area (TPSA) is 99.6 Å². The highest BCUT2D eigenvalue weighted by atomic mass is 35.5. The van der Waals surface area contributed by atoms with Crippen LogP contribution in [0.15, 0.2) is 89.3 Å². The van der Waals surface area contributed by atoms with E-state index in [1.54, 1.807) is 35.8 Å². The molecule has 0 aliphatic rings. The Bertz CT molecular complexity index is 1810. The maximum atomic E-state index is 13.7. The highest BCUT2D eigenvalue weighted by Gasteiger charge is 2.29. The predicted molar refractivity (Wildman–Crippen MR) is 155 cm³/mol. The van der Waals surface area contributed by atoms with Crippen LogP contribution in [0.3, 0.4) is 0 Å². The highest BCUT2D eigenvalue weighted by molar-refractivity contribution is 7.89. The van der Waals surface area contributed by atoms with Crippen LogP contribution in [0.25, 0.3) is 10.2 Å². The molecule has 0 bridgehead atoms. The van der Waals surface area contributed by atoms with Crippen molar-refractivity contribution >= 4 is 66.4 Å². The molecule has 7 nitrogen and oxygen atoms in total. The lowest BCUT2D eigenvalue weighted by molar-refractivity contribution is 0.102. The average molecular weight is 617 g/mol. The highest BCUT2D eigenvalue weighted by Crippen LogP contribution is 2.36. The summed E-state index contributed by atoms with van der Waals surface area (Å²) in [6, 6.07) is 19.6. The number of hydrogen-bond acceptors (Lipinski definition) is 6. The summed E-state index contributed by atoms with van der Waals surface area (Å²) in [5.74, 6) is -1.42. The van der Waals surface area contributed by atoms with Crippen molar-refractivity contribution in [3.63, 3.8) is 0 Å². The Kier molecular flexibility index (Phi) is 8.07. The molecule has 5 rings (SSSR count). The van der Waals surface area contributed by atoms with Gasteiger partial charge in [-0.05, 0) is 65.7 Å². The fraction of sp³-hybridized carbons (Fsp3) is 0.0714. The molecule has 12 heteroatoms. The Morgan fingerprint density at radius 3 is 2.27 bits per heavy atom. The third-order valence-electron chi connectivity index (χ3n) is 6.05. The van der Waals surface area contributed by atoms with Gasteiger partial charge in [0.2, 0.25) is 10.0 Å². The summed E-state index contributed by atoms with van der Waals surface area (Å²) in [6.45, 7) is -0.248. The molecule has 1 aromatic heterocycles. The van der Waals surface area contributed by atoms with Gasteiger partial charge >= 0.3 is 0 Å².